The quantitative estimate of drug-likeness (QED) is 0.772. The Morgan fingerprint density at radius 2 is 2.12 bits per heavy atom. The van der Waals surface area contributed by atoms with Gasteiger partial charge in [0.05, 0.1) is 7.11 Å². The third-order valence-corrected chi connectivity index (χ3v) is 2.60. The number of rotatable bonds is 6. The van der Waals surface area contributed by atoms with Crippen molar-refractivity contribution in [2.24, 2.45) is 0 Å². The zero-order valence-electron chi connectivity index (χ0n) is 11.0. The Kier molecular flexibility index (Phi) is 5.00. The highest BCUT2D eigenvalue weighted by molar-refractivity contribution is 5.93. The van der Waals surface area contributed by atoms with E-state index in [4.69, 9.17) is 4.74 Å². The van der Waals surface area contributed by atoms with Crippen molar-refractivity contribution in [1.29, 1.82) is 0 Å². The summed E-state index contributed by atoms with van der Waals surface area (Å²) in [5, 5.41) is 3.17. The second-order valence-corrected chi connectivity index (χ2v) is 3.74. The van der Waals surface area contributed by atoms with Gasteiger partial charge in [0.25, 0.3) is 0 Å². The van der Waals surface area contributed by atoms with Crippen LogP contribution in [-0.4, -0.2) is 29.2 Å². The van der Waals surface area contributed by atoms with Crippen LogP contribution in [0.1, 0.15) is 43.5 Å². The second-order valence-electron chi connectivity index (χ2n) is 3.74. The van der Waals surface area contributed by atoms with Gasteiger partial charge in [-0.1, -0.05) is 13.8 Å². The summed E-state index contributed by atoms with van der Waals surface area (Å²) in [5.74, 6) is 1.21. The first-order valence-corrected chi connectivity index (χ1v) is 6.11. The lowest BCUT2D eigenvalue weighted by atomic mass is 10.4. The number of nitrogens with zero attached hydrogens (tertiary/aromatic N) is 2. The van der Waals surface area contributed by atoms with E-state index >= 15 is 0 Å². The number of nitrogens with one attached hydrogen (secondary N) is 1. The predicted molar refractivity (Wildman–Crippen MR) is 67.4 cm³/mol. The third kappa shape index (κ3) is 2.78. The summed E-state index contributed by atoms with van der Waals surface area (Å²) in [4.78, 5) is 16.2. The maximum Gasteiger partial charge on any atom is 0.358 e. The minimum Gasteiger partial charge on any atom is -0.464 e. The molecule has 1 N–H and O–H groups in total. The first-order chi connectivity index (χ1) is 8.19. The predicted octanol–water partition coefficient (Wildman–Crippen LogP) is 2.07. The zero-order valence-corrected chi connectivity index (χ0v) is 11.0. The summed E-state index contributed by atoms with van der Waals surface area (Å²) in [6.45, 7) is 7.61. The van der Waals surface area contributed by atoms with Gasteiger partial charge in [0, 0.05) is 19.5 Å². The molecule has 0 aliphatic carbocycles. The monoisotopic (exact) mass is 239 g/mol. The van der Waals surface area contributed by atoms with Gasteiger partial charge in [-0.05, 0) is 13.3 Å². The molecule has 0 saturated carbocycles. The van der Waals surface area contributed by atoms with Crippen molar-refractivity contribution in [3.05, 3.63) is 11.5 Å². The van der Waals surface area contributed by atoms with E-state index in [2.05, 4.69) is 17.2 Å². The molecule has 0 radical (unpaired) electrons. The second kappa shape index (κ2) is 6.27. The summed E-state index contributed by atoms with van der Waals surface area (Å²) in [6, 6.07) is 0. The van der Waals surface area contributed by atoms with Crippen molar-refractivity contribution in [1.82, 2.24) is 9.55 Å². The highest BCUT2D eigenvalue weighted by Crippen LogP contribution is 2.19. The van der Waals surface area contributed by atoms with Crippen molar-refractivity contribution in [3.63, 3.8) is 0 Å². The van der Waals surface area contributed by atoms with Crippen molar-refractivity contribution < 1.29 is 9.53 Å². The number of carbonyl (C=O) groups excluding carboxylic acids is 1. The molecule has 1 heterocycles. The lowest BCUT2D eigenvalue weighted by Crippen LogP contribution is -2.14. The molecule has 96 valence electrons. The number of aromatic nitrogens is 2. The third-order valence-electron chi connectivity index (χ3n) is 2.60. The number of hydrogen-bond donors (Lipinski definition) is 1. The number of methoxy groups -OCH3 is 1. The van der Waals surface area contributed by atoms with Crippen molar-refractivity contribution in [3.8, 4) is 0 Å². The molecule has 0 atom stereocenters. The molecule has 0 unspecified atom stereocenters. The van der Waals surface area contributed by atoms with Crippen LogP contribution in [0.3, 0.4) is 0 Å². The van der Waals surface area contributed by atoms with Crippen molar-refractivity contribution in [2.75, 3.05) is 19.0 Å². The van der Waals surface area contributed by atoms with Crippen LogP contribution in [0.2, 0.25) is 0 Å². The van der Waals surface area contributed by atoms with Gasteiger partial charge >= 0.3 is 5.97 Å². The molecular formula is C12H21N3O2. The van der Waals surface area contributed by atoms with E-state index < -0.39 is 0 Å². The van der Waals surface area contributed by atoms with Crippen molar-refractivity contribution in [2.45, 2.75) is 40.2 Å². The first-order valence-electron chi connectivity index (χ1n) is 6.11. The summed E-state index contributed by atoms with van der Waals surface area (Å²) in [7, 11) is 1.39. The SMILES string of the molecule is CCCNc1nc(CC)n(CC)c1C(=O)OC. The van der Waals surface area contributed by atoms with Gasteiger partial charge in [-0.3, -0.25) is 0 Å². The molecule has 0 amide bonds. The molecule has 0 aliphatic heterocycles. The topological polar surface area (TPSA) is 56.2 Å². The minimum atomic E-state index is -0.336. The fourth-order valence-corrected chi connectivity index (χ4v) is 1.78. The van der Waals surface area contributed by atoms with E-state index in [0.717, 1.165) is 25.2 Å². The molecule has 1 aromatic rings. The molecule has 0 spiro atoms. The smallest absolute Gasteiger partial charge is 0.358 e. The van der Waals surface area contributed by atoms with Crippen LogP contribution in [0.5, 0.6) is 0 Å². The number of esters is 1. The molecule has 17 heavy (non-hydrogen) atoms. The van der Waals surface area contributed by atoms with Gasteiger partial charge in [-0.2, -0.15) is 0 Å². The fourth-order valence-electron chi connectivity index (χ4n) is 1.78. The first kappa shape index (κ1) is 13.5. The van der Waals surface area contributed by atoms with Crippen LogP contribution < -0.4 is 5.32 Å². The Bertz CT molecular complexity index is 385. The van der Waals surface area contributed by atoms with Gasteiger partial charge in [-0.15, -0.1) is 0 Å². The van der Waals surface area contributed by atoms with E-state index in [-0.39, 0.29) is 5.97 Å². The summed E-state index contributed by atoms with van der Waals surface area (Å²) >= 11 is 0. The fraction of sp³-hybridized carbons (Fsp3) is 0.667. The van der Waals surface area contributed by atoms with Crippen molar-refractivity contribution >= 4 is 11.8 Å². The number of carbonyl (C=O) groups is 1. The van der Waals surface area contributed by atoms with Crippen LogP contribution in [0.15, 0.2) is 0 Å². The Hall–Kier alpha value is -1.52. The molecule has 0 fully saturated rings. The highest BCUT2D eigenvalue weighted by Gasteiger charge is 2.21. The number of aryl methyl sites for hydroxylation is 1. The van der Waals surface area contributed by atoms with E-state index in [0.29, 0.717) is 18.1 Å². The van der Waals surface area contributed by atoms with Crippen LogP contribution in [0.25, 0.3) is 0 Å². The lowest BCUT2D eigenvalue weighted by molar-refractivity contribution is 0.0589. The Morgan fingerprint density at radius 3 is 2.59 bits per heavy atom. The lowest BCUT2D eigenvalue weighted by Gasteiger charge is -2.08. The molecule has 1 rings (SSSR count). The number of ether oxygens (including phenoxy) is 1. The van der Waals surface area contributed by atoms with Crippen LogP contribution in [-0.2, 0) is 17.7 Å². The highest BCUT2D eigenvalue weighted by atomic mass is 16.5. The molecule has 1 aromatic heterocycles. The van der Waals surface area contributed by atoms with Crippen LogP contribution in [0, 0.1) is 0 Å². The maximum absolute atomic E-state index is 11.8. The van der Waals surface area contributed by atoms with Crippen LogP contribution >= 0.6 is 0 Å². The van der Waals surface area contributed by atoms with E-state index in [1.807, 2.05) is 18.4 Å². The molecule has 5 nitrogen and oxygen atoms in total. The molecular weight excluding hydrogens is 218 g/mol. The van der Waals surface area contributed by atoms with Gasteiger partial charge < -0.3 is 14.6 Å². The van der Waals surface area contributed by atoms with Gasteiger partial charge in [0.15, 0.2) is 11.5 Å². The van der Waals surface area contributed by atoms with E-state index in [9.17, 15) is 4.79 Å². The maximum atomic E-state index is 11.8. The average Bonchev–Trinajstić information content (AvgIpc) is 2.72. The molecule has 0 aromatic carbocycles. The molecule has 0 bridgehead atoms. The normalized spacial score (nSPS) is 10.4. The summed E-state index contributed by atoms with van der Waals surface area (Å²) < 4.78 is 6.72. The van der Waals surface area contributed by atoms with E-state index in [1.54, 1.807) is 0 Å². The summed E-state index contributed by atoms with van der Waals surface area (Å²) in [6.07, 6.45) is 1.78. The molecule has 0 saturated heterocycles. The molecule has 5 heteroatoms. The average molecular weight is 239 g/mol. The van der Waals surface area contributed by atoms with Gasteiger partial charge in [0.2, 0.25) is 0 Å². The largest absolute Gasteiger partial charge is 0.464 e. The Labute approximate surface area is 102 Å². The van der Waals surface area contributed by atoms with Gasteiger partial charge in [0.1, 0.15) is 5.82 Å². The molecule has 0 aliphatic rings. The standard InChI is InChI=1S/C12H21N3O2/c1-5-8-13-11-10(12(16)17-4)15(7-3)9(6-2)14-11/h13H,5-8H2,1-4H3. The Balaban J connectivity index is 3.17. The van der Waals surface area contributed by atoms with Crippen LogP contribution in [0.4, 0.5) is 5.82 Å². The number of hydrogen-bond acceptors (Lipinski definition) is 4. The zero-order chi connectivity index (χ0) is 12.8. The van der Waals surface area contributed by atoms with Gasteiger partial charge in [-0.25, -0.2) is 9.78 Å². The van der Waals surface area contributed by atoms with E-state index in [1.165, 1.54) is 7.11 Å². The Morgan fingerprint density at radius 1 is 1.41 bits per heavy atom. The minimum absolute atomic E-state index is 0.336. The number of imidazole rings is 1. The number of anilines is 1. The summed E-state index contributed by atoms with van der Waals surface area (Å²) in [5.41, 5.74) is 0.528.